The van der Waals surface area contributed by atoms with E-state index < -0.39 is 10.0 Å². The van der Waals surface area contributed by atoms with Crippen LogP contribution in [0.4, 0.5) is 5.13 Å². The lowest BCUT2D eigenvalue weighted by Crippen LogP contribution is -2.13. The first-order valence-electron chi connectivity index (χ1n) is 6.03. The summed E-state index contributed by atoms with van der Waals surface area (Å²) in [6.45, 7) is 0. The van der Waals surface area contributed by atoms with Gasteiger partial charge in [-0.2, -0.15) is 9.36 Å². The normalized spacial score (nSPS) is 11.7. The highest BCUT2D eigenvalue weighted by Crippen LogP contribution is 2.36. The molecule has 24 heavy (non-hydrogen) atoms. The fourth-order valence-corrected chi connectivity index (χ4v) is 5.60. The summed E-state index contributed by atoms with van der Waals surface area (Å²) < 4.78 is 31.4. The van der Waals surface area contributed by atoms with E-state index in [0.29, 0.717) is 15.7 Å². The van der Waals surface area contributed by atoms with Crippen LogP contribution in [0.2, 0.25) is 20.1 Å². The van der Waals surface area contributed by atoms with Gasteiger partial charge in [-0.3, -0.25) is 4.72 Å². The molecule has 0 aliphatic heterocycles. The Hall–Kier alpha value is -0.610. The van der Waals surface area contributed by atoms with Crippen LogP contribution in [0.5, 0.6) is 0 Å². The predicted octanol–water partition coefficient (Wildman–Crippen LogP) is 5.68. The molecule has 0 spiro atoms. The van der Waals surface area contributed by atoms with Crippen molar-refractivity contribution in [1.82, 2.24) is 9.36 Å². The van der Waals surface area contributed by atoms with Crippen LogP contribution in [0.25, 0.3) is 10.7 Å². The van der Waals surface area contributed by atoms with Gasteiger partial charge in [0.2, 0.25) is 5.13 Å². The highest BCUT2D eigenvalue weighted by molar-refractivity contribution is 7.93. The first-order chi connectivity index (χ1) is 11.3. The Morgan fingerprint density at radius 1 is 1.00 bits per heavy atom. The van der Waals surface area contributed by atoms with Gasteiger partial charge in [-0.05, 0) is 23.6 Å². The Bertz CT molecular complexity index is 1020. The van der Waals surface area contributed by atoms with E-state index in [1.165, 1.54) is 23.5 Å². The van der Waals surface area contributed by atoms with Crippen LogP contribution in [-0.2, 0) is 10.0 Å². The van der Waals surface area contributed by atoms with Crippen molar-refractivity contribution in [2.24, 2.45) is 0 Å². The molecule has 2 heterocycles. The summed E-state index contributed by atoms with van der Waals surface area (Å²) in [4.78, 5) is 4.59. The Labute approximate surface area is 165 Å². The zero-order valence-electron chi connectivity index (χ0n) is 11.3. The summed E-state index contributed by atoms with van der Waals surface area (Å²) >= 11 is 25.9. The molecule has 0 aliphatic carbocycles. The number of halogens is 4. The number of thiophene rings is 1. The summed E-state index contributed by atoms with van der Waals surface area (Å²) in [5, 5.41) is 2.33. The second kappa shape index (κ2) is 6.95. The number of benzene rings is 1. The van der Waals surface area contributed by atoms with Gasteiger partial charge in [0.15, 0.2) is 5.82 Å². The van der Waals surface area contributed by atoms with Crippen molar-refractivity contribution in [3.63, 3.8) is 0 Å². The molecule has 12 heteroatoms. The van der Waals surface area contributed by atoms with Gasteiger partial charge in [0.25, 0.3) is 10.0 Å². The molecule has 0 amide bonds. The van der Waals surface area contributed by atoms with Crippen molar-refractivity contribution in [3.8, 4) is 10.7 Å². The summed E-state index contributed by atoms with van der Waals surface area (Å²) in [5.74, 6) is 0.345. The Balaban J connectivity index is 1.92. The molecule has 3 rings (SSSR count). The maximum atomic E-state index is 12.5. The van der Waals surface area contributed by atoms with Gasteiger partial charge in [-0.25, -0.2) is 8.42 Å². The molecule has 0 radical (unpaired) electrons. The minimum atomic E-state index is -4.00. The maximum absolute atomic E-state index is 12.5. The topological polar surface area (TPSA) is 72.0 Å². The molecular weight excluding hydrogens is 456 g/mol. The number of nitrogens with zero attached hydrogens (tertiary/aromatic N) is 2. The van der Waals surface area contributed by atoms with Gasteiger partial charge < -0.3 is 0 Å². The van der Waals surface area contributed by atoms with Gasteiger partial charge in [0.05, 0.1) is 25.0 Å². The summed E-state index contributed by atoms with van der Waals surface area (Å²) in [6.07, 6.45) is 0. The fourth-order valence-electron chi connectivity index (χ4n) is 1.70. The van der Waals surface area contributed by atoms with E-state index in [4.69, 9.17) is 46.4 Å². The third-order valence-electron chi connectivity index (χ3n) is 2.76. The molecule has 0 bridgehead atoms. The third-order valence-corrected chi connectivity index (χ3v) is 7.64. The lowest BCUT2D eigenvalue weighted by molar-refractivity contribution is 0.601. The third kappa shape index (κ3) is 3.50. The van der Waals surface area contributed by atoms with Crippen molar-refractivity contribution in [3.05, 3.63) is 43.7 Å². The standard InChI is InChI=1S/C12H5Cl4N3O2S3/c13-5-1-2-7(9(16)8(5)15)24(20,21)19-12-17-11(18-23-12)10-6(14)3-4-22-10/h1-4H,(H,17,18,19). The van der Waals surface area contributed by atoms with Crippen molar-refractivity contribution < 1.29 is 8.42 Å². The Morgan fingerprint density at radius 3 is 2.42 bits per heavy atom. The number of rotatable bonds is 4. The van der Waals surface area contributed by atoms with Gasteiger partial charge in [-0.1, -0.05) is 46.4 Å². The number of hydrogen-bond acceptors (Lipinski definition) is 6. The molecule has 0 aliphatic rings. The van der Waals surface area contributed by atoms with Crippen molar-refractivity contribution >= 4 is 84.4 Å². The van der Waals surface area contributed by atoms with E-state index in [0.717, 1.165) is 11.5 Å². The van der Waals surface area contributed by atoms with Gasteiger partial charge in [0.1, 0.15) is 4.90 Å². The molecule has 0 fully saturated rings. The minimum Gasteiger partial charge on any atom is -0.253 e. The molecule has 5 nitrogen and oxygen atoms in total. The highest BCUT2D eigenvalue weighted by Gasteiger charge is 2.23. The molecule has 2 aromatic heterocycles. The first kappa shape index (κ1) is 18.2. The zero-order chi connectivity index (χ0) is 17.5. The van der Waals surface area contributed by atoms with E-state index in [1.807, 2.05) is 0 Å². The van der Waals surface area contributed by atoms with Crippen molar-refractivity contribution in [1.29, 1.82) is 0 Å². The molecule has 126 valence electrons. The van der Waals surface area contributed by atoms with E-state index in [-0.39, 0.29) is 25.1 Å². The summed E-state index contributed by atoms with van der Waals surface area (Å²) in [6, 6.07) is 4.32. The monoisotopic (exact) mass is 459 g/mol. The Kier molecular flexibility index (Phi) is 5.27. The zero-order valence-corrected chi connectivity index (χ0v) is 16.7. The van der Waals surface area contributed by atoms with E-state index in [1.54, 1.807) is 11.4 Å². The molecule has 0 unspecified atom stereocenters. The molecule has 3 aromatic rings. The van der Waals surface area contributed by atoms with E-state index in [2.05, 4.69) is 14.1 Å². The van der Waals surface area contributed by atoms with E-state index >= 15 is 0 Å². The lowest BCUT2D eigenvalue weighted by Gasteiger charge is -2.08. The van der Waals surface area contributed by atoms with Crippen LogP contribution >= 0.6 is 69.3 Å². The number of sulfonamides is 1. The highest BCUT2D eigenvalue weighted by atomic mass is 35.5. The Morgan fingerprint density at radius 2 is 1.75 bits per heavy atom. The van der Waals surface area contributed by atoms with Crippen LogP contribution in [0.3, 0.4) is 0 Å². The quantitative estimate of drug-likeness (QED) is 0.508. The number of nitrogens with one attached hydrogen (secondary N) is 1. The molecule has 0 saturated heterocycles. The predicted molar refractivity (Wildman–Crippen MR) is 101 cm³/mol. The van der Waals surface area contributed by atoms with Gasteiger partial charge in [0, 0.05) is 11.5 Å². The van der Waals surface area contributed by atoms with Crippen molar-refractivity contribution in [2.45, 2.75) is 4.90 Å². The number of hydrogen-bond donors (Lipinski definition) is 1. The smallest absolute Gasteiger partial charge is 0.253 e. The second-order valence-electron chi connectivity index (χ2n) is 4.30. The first-order valence-corrected chi connectivity index (χ1v) is 10.7. The lowest BCUT2D eigenvalue weighted by atomic mass is 10.4. The average Bonchev–Trinajstić information content (AvgIpc) is 3.12. The number of anilines is 1. The molecule has 1 N–H and O–H groups in total. The number of aromatic nitrogens is 2. The van der Waals surface area contributed by atoms with E-state index in [9.17, 15) is 8.42 Å². The largest absolute Gasteiger partial charge is 0.265 e. The van der Waals surface area contributed by atoms with Crippen molar-refractivity contribution in [2.75, 3.05) is 4.72 Å². The van der Waals surface area contributed by atoms with Crippen LogP contribution in [0.15, 0.2) is 28.5 Å². The minimum absolute atomic E-state index is 0.0375. The van der Waals surface area contributed by atoms with Gasteiger partial charge in [-0.15, -0.1) is 11.3 Å². The molecule has 1 aromatic carbocycles. The van der Waals surface area contributed by atoms with Crippen LogP contribution in [0, 0.1) is 0 Å². The fraction of sp³-hybridized carbons (Fsp3) is 0. The van der Waals surface area contributed by atoms with Crippen LogP contribution < -0.4 is 4.72 Å². The second-order valence-corrected chi connectivity index (χ2v) is 9.19. The summed E-state index contributed by atoms with van der Waals surface area (Å²) in [7, 11) is -4.00. The average molecular weight is 461 g/mol. The SMILES string of the molecule is O=S(=O)(Nc1nc(-c2sccc2Cl)ns1)c1ccc(Cl)c(Cl)c1Cl. The molecule has 0 atom stereocenters. The summed E-state index contributed by atoms with van der Waals surface area (Å²) in [5.41, 5.74) is 0. The van der Waals surface area contributed by atoms with Crippen LogP contribution in [0.1, 0.15) is 0 Å². The molecule has 0 saturated carbocycles. The van der Waals surface area contributed by atoms with Crippen LogP contribution in [-0.4, -0.2) is 17.8 Å². The van der Waals surface area contributed by atoms with Gasteiger partial charge >= 0.3 is 0 Å². The molecular formula is C12H5Cl4N3O2S3. The maximum Gasteiger partial charge on any atom is 0.265 e.